The molecular weight excluding hydrogens is 382 g/mol. The second-order valence-corrected chi connectivity index (χ2v) is 8.77. The number of aliphatic imine (C=N–C) groups is 1. The molecule has 0 saturated carbocycles. The van der Waals surface area contributed by atoms with Gasteiger partial charge in [-0.05, 0) is 41.5 Å². The van der Waals surface area contributed by atoms with E-state index >= 15 is 0 Å². The number of ether oxygens (including phenoxy) is 1. The van der Waals surface area contributed by atoms with Crippen LogP contribution in [0, 0.1) is 6.92 Å². The van der Waals surface area contributed by atoms with Gasteiger partial charge < -0.3 is 25.1 Å². The van der Waals surface area contributed by atoms with Crippen molar-refractivity contribution in [2.45, 2.75) is 59.2 Å². The highest BCUT2D eigenvalue weighted by Crippen LogP contribution is 2.20. The molecule has 2 rings (SSSR count). The highest BCUT2D eigenvalue weighted by molar-refractivity contribution is 5.79. The number of rotatable bonds is 6. The normalized spacial score (nSPS) is 12.4. The van der Waals surface area contributed by atoms with E-state index in [0.29, 0.717) is 24.9 Å². The first kappa shape index (κ1) is 23.3. The van der Waals surface area contributed by atoms with Crippen molar-refractivity contribution in [2.24, 2.45) is 4.99 Å². The molecule has 0 unspecified atom stereocenters. The summed E-state index contributed by atoms with van der Waals surface area (Å²) in [5.41, 5.74) is 1.09. The number of guanidine groups is 1. The van der Waals surface area contributed by atoms with Gasteiger partial charge >= 0.3 is 6.09 Å². The molecule has 0 atom stereocenters. The Hall–Kier alpha value is -3.03. The Morgan fingerprint density at radius 2 is 1.80 bits per heavy atom. The SMILES string of the molecule is CN=C(NCc1ncc(-c2ccc(C)cc2)o1)NCC(C)(C)NC(=O)OC(C)(C)C. The fourth-order valence-corrected chi connectivity index (χ4v) is 2.55. The summed E-state index contributed by atoms with van der Waals surface area (Å²) >= 11 is 0. The van der Waals surface area contributed by atoms with Crippen molar-refractivity contribution >= 4 is 12.1 Å². The van der Waals surface area contributed by atoms with E-state index in [2.05, 4.69) is 25.9 Å². The number of nitrogens with zero attached hydrogens (tertiary/aromatic N) is 2. The average Bonchev–Trinajstić information content (AvgIpc) is 3.09. The number of amides is 1. The van der Waals surface area contributed by atoms with E-state index < -0.39 is 17.2 Å². The third kappa shape index (κ3) is 7.77. The molecule has 1 aromatic heterocycles. The molecule has 1 aromatic carbocycles. The van der Waals surface area contributed by atoms with Gasteiger partial charge in [-0.3, -0.25) is 4.99 Å². The molecule has 30 heavy (non-hydrogen) atoms. The van der Waals surface area contributed by atoms with Gasteiger partial charge in [0.1, 0.15) is 5.60 Å². The van der Waals surface area contributed by atoms with Crippen LogP contribution >= 0.6 is 0 Å². The molecule has 0 aliphatic rings. The fourth-order valence-electron chi connectivity index (χ4n) is 2.55. The Kier molecular flexibility index (Phi) is 7.48. The first-order valence-electron chi connectivity index (χ1n) is 9.95. The van der Waals surface area contributed by atoms with Crippen molar-refractivity contribution in [2.75, 3.05) is 13.6 Å². The van der Waals surface area contributed by atoms with Crippen LogP contribution in [0.2, 0.25) is 0 Å². The van der Waals surface area contributed by atoms with Crippen LogP contribution in [0.3, 0.4) is 0 Å². The molecule has 0 radical (unpaired) electrons. The molecule has 0 aliphatic heterocycles. The predicted molar refractivity (Wildman–Crippen MR) is 118 cm³/mol. The van der Waals surface area contributed by atoms with Gasteiger partial charge in [-0.25, -0.2) is 9.78 Å². The standard InChI is InChI=1S/C22H33N5O3/c1-15-8-10-16(11-9-15)17-12-24-18(29-17)13-25-19(23-7)26-14-22(5,6)27-20(28)30-21(2,3)4/h8-12H,13-14H2,1-7H3,(H,27,28)(H2,23,25,26). The predicted octanol–water partition coefficient (Wildman–Crippen LogP) is 3.62. The van der Waals surface area contributed by atoms with Gasteiger partial charge in [0.15, 0.2) is 11.7 Å². The highest BCUT2D eigenvalue weighted by Gasteiger charge is 2.24. The second kappa shape index (κ2) is 9.65. The zero-order chi connectivity index (χ0) is 22.4. The topological polar surface area (TPSA) is 101 Å². The molecule has 0 aliphatic carbocycles. The van der Waals surface area contributed by atoms with Crippen LogP contribution < -0.4 is 16.0 Å². The lowest BCUT2D eigenvalue weighted by atomic mass is 10.1. The third-order valence-electron chi connectivity index (χ3n) is 4.06. The van der Waals surface area contributed by atoms with Crippen molar-refractivity contribution in [3.8, 4) is 11.3 Å². The number of nitrogens with one attached hydrogen (secondary N) is 3. The maximum Gasteiger partial charge on any atom is 0.408 e. The van der Waals surface area contributed by atoms with Gasteiger partial charge in [-0.2, -0.15) is 0 Å². The van der Waals surface area contributed by atoms with Crippen LogP contribution in [0.4, 0.5) is 4.79 Å². The van der Waals surface area contributed by atoms with Crippen LogP contribution in [-0.4, -0.2) is 41.8 Å². The van der Waals surface area contributed by atoms with Gasteiger partial charge in [-0.15, -0.1) is 0 Å². The number of alkyl carbamates (subject to hydrolysis) is 1. The lowest BCUT2D eigenvalue weighted by molar-refractivity contribution is 0.0474. The number of benzene rings is 1. The molecule has 8 nitrogen and oxygen atoms in total. The van der Waals surface area contributed by atoms with Crippen molar-refractivity contribution in [3.05, 3.63) is 41.9 Å². The molecule has 8 heteroatoms. The minimum atomic E-state index is -0.543. The Balaban J connectivity index is 1.85. The molecule has 0 fully saturated rings. The Morgan fingerprint density at radius 3 is 2.40 bits per heavy atom. The van der Waals surface area contributed by atoms with Gasteiger partial charge in [0, 0.05) is 19.2 Å². The smallest absolute Gasteiger partial charge is 0.408 e. The van der Waals surface area contributed by atoms with Crippen molar-refractivity contribution in [1.29, 1.82) is 0 Å². The van der Waals surface area contributed by atoms with E-state index in [1.165, 1.54) is 5.56 Å². The Bertz CT molecular complexity index is 864. The average molecular weight is 416 g/mol. The lowest BCUT2D eigenvalue weighted by Crippen LogP contribution is -2.54. The molecule has 164 valence electrons. The minimum Gasteiger partial charge on any atom is -0.444 e. The van der Waals surface area contributed by atoms with E-state index in [9.17, 15) is 4.79 Å². The van der Waals surface area contributed by atoms with Crippen LogP contribution in [0.15, 0.2) is 39.9 Å². The van der Waals surface area contributed by atoms with E-state index in [1.54, 1.807) is 13.2 Å². The summed E-state index contributed by atoms with van der Waals surface area (Å²) in [4.78, 5) is 20.5. The zero-order valence-corrected chi connectivity index (χ0v) is 18.9. The molecule has 0 spiro atoms. The highest BCUT2D eigenvalue weighted by atomic mass is 16.6. The molecule has 3 N–H and O–H groups in total. The number of carbonyl (C=O) groups excluding carboxylic acids is 1. The summed E-state index contributed by atoms with van der Waals surface area (Å²) < 4.78 is 11.1. The fraction of sp³-hybridized carbons (Fsp3) is 0.500. The maximum atomic E-state index is 12.0. The molecular formula is C22H33N5O3. The number of oxazole rings is 1. The van der Waals surface area contributed by atoms with Crippen LogP contribution in [-0.2, 0) is 11.3 Å². The Morgan fingerprint density at radius 1 is 1.13 bits per heavy atom. The summed E-state index contributed by atoms with van der Waals surface area (Å²) in [6, 6.07) is 8.09. The van der Waals surface area contributed by atoms with Crippen LogP contribution in [0.5, 0.6) is 0 Å². The monoisotopic (exact) mass is 415 g/mol. The summed E-state index contributed by atoms with van der Waals surface area (Å²) in [5.74, 6) is 1.85. The first-order valence-corrected chi connectivity index (χ1v) is 9.95. The van der Waals surface area contributed by atoms with Gasteiger partial charge in [0.05, 0.1) is 18.3 Å². The van der Waals surface area contributed by atoms with Gasteiger partial charge in [0.25, 0.3) is 0 Å². The quantitative estimate of drug-likeness (QED) is 0.492. The molecule has 1 amide bonds. The van der Waals surface area contributed by atoms with Gasteiger partial charge in [0.2, 0.25) is 5.89 Å². The molecule has 2 aromatic rings. The first-order chi connectivity index (χ1) is 14.0. The second-order valence-electron chi connectivity index (χ2n) is 8.77. The zero-order valence-electron chi connectivity index (χ0n) is 18.9. The summed E-state index contributed by atoms with van der Waals surface area (Å²) in [6.07, 6.45) is 1.26. The number of aryl methyl sites for hydroxylation is 1. The van der Waals surface area contributed by atoms with E-state index in [4.69, 9.17) is 9.15 Å². The van der Waals surface area contributed by atoms with Gasteiger partial charge in [-0.1, -0.05) is 29.8 Å². The number of aromatic nitrogens is 1. The number of carbonyl (C=O) groups is 1. The molecule has 0 saturated heterocycles. The van der Waals surface area contributed by atoms with Crippen LogP contribution in [0.1, 0.15) is 46.1 Å². The number of hydrogen-bond acceptors (Lipinski definition) is 5. The third-order valence-corrected chi connectivity index (χ3v) is 4.06. The summed E-state index contributed by atoms with van der Waals surface area (Å²) in [6.45, 7) is 12.2. The molecule has 1 heterocycles. The van der Waals surface area contributed by atoms with E-state index in [-0.39, 0.29) is 0 Å². The largest absolute Gasteiger partial charge is 0.444 e. The lowest BCUT2D eigenvalue weighted by Gasteiger charge is -2.29. The van der Waals surface area contributed by atoms with Crippen LogP contribution in [0.25, 0.3) is 11.3 Å². The van der Waals surface area contributed by atoms with E-state index in [0.717, 1.165) is 11.3 Å². The summed E-state index contributed by atoms with van der Waals surface area (Å²) in [7, 11) is 1.68. The summed E-state index contributed by atoms with van der Waals surface area (Å²) in [5, 5.41) is 9.21. The molecule has 0 bridgehead atoms. The van der Waals surface area contributed by atoms with E-state index in [1.807, 2.05) is 65.8 Å². The van der Waals surface area contributed by atoms with Crippen molar-refractivity contribution in [1.82, 2.24) is 20.9 Å². The maximum absolute atomic E-state index is 12.0. The number of hydrogen-bond donors (Lipinski definition) is 3. The minimum absolute atomic E-state index is 0.380. The van der Waals surface area contributed by atoms with Crippen molar-refractivity contribution in [3.63, 3.8) is 0 Å². The Labute approximate surface area is 178 Å². The van der Waals surface area contributed by atoms with Crippen molar-refractivity contribution < 1.29 is 13.9 Å².